The maximum absolute atomic E-state index is 12.4. The minimum absolute atomic E-state index is 0.196. The number of benzene rings is 1. The predicted octanol–water partition coefficient (Wildman–Crippen LogP) is 2.37. The van der Waals surface area contributed by atoms with Crippen molar-refractivity contribution in [3.8, 4) is 0 Å². The second-order valence-electron chi connectivity index (χ2n) is 6.77. The summed E-state index contributed by atoms with van der Waals surface area (Å²) in [6, 6.07) is 7.20. The van der Waals surface area contributed by atoms with Gasteiger partial charge >= 0.3 is 11.7 Å². The van der Waals surface area contributed by atoms with Crippen LogP contribution in [0.1, 0.15) is 44.9 Å². The molecule has 26 heavy (non-hydrogen) atoms. The van der Waals surface area contributed by atoms with Gasteiger partial charge in [-0.2, -0.15) is 0 Å². The number of methoxy groups -OCH3 is 1. The molecule has 0 radical (unpaired) electrons. The first-order valence-electron chi connectivity index (χ1n) is 9.03. The van der Waals surface area contributed by atoms with E-state index < -0.39 is 11.3 Å². The van der Waals surface area contributed by atoms with E-state index in [0.29, 0.717) is 31.4 Å². The summed E-state index contributed by atoms with van der Waals surface area (Å²) in [7, 11) is 1.35. The van der Waals surface area contributed by atoms with Gasteiger partial charge in [-0.25, -0.2) is 9.59 Å². The number of carbonyl (C=O) groups is 2. The van der Waals surface area contributed by atoms with Gasteiger partial charge in [-0.1, -0.05) is 31.4 Å². The third kappa shape index (κ3) is 3.66. The molecule has 0 bridgehead atoms. The number of para-hydroxylation sites is 2. The molecule has 1 aromatic carbocycles. The molecule has 1 N–H and O–H groups in total. The minimum atomic E-state index is -0.900. The number of nitrogens with one attached hydrogen (secondary N) is 1. The highest BCUT2D eigenvalue weighted by atomic mass is 16.5. The molecule has 1 saturated carbocycles. The van der Waals surface area contributed by atoms with E-state index in [1.54, 1.807) is 12.1 Å². The number of hydrogen-bond donors (Lipinski definition) is 1. The Labute approximate surface area is 151 Å². The Morgan fingerprint density at radius 2 is 1.96 bits per heavy atom. The number of esters is 1. The normalized spacial score (nSPS) is 16.3. The molecule has 0 aliphatic heterocycles. The molecule has 1 aromatic heterocycles. The number of fused-ring (bicyclic) bond motifs is 1. The topological polar surface area (TPSA) is 90.5 Å². The number of ether oxygens (including phenoxy) is 1. The Morgan fingerprint density at radius 1 is 1.23 bits per heavy atom. The fraction of sp³-hybridized carbons (Fsp3) is 0.526. The maximum atomic E-state index is 12.4. The summed E-state index contributed by atoms with van der Waals surface area (Å²) in [5.41, 5.74) is 0.355. The van der Waals surface area contributed by atoms with E-state index in [9.17, 15) is 14.4 Å². The Kier molecular flexibility index (Phi) is 5.44. The average Bonchev–Trinajstić information content (AvgIpc) is 2.97. The number of carbonyl (C=O) groups excluding carboxylic acids is 2. The van der Waals surface area contributed by atoms with Crippen LogP contribution >= 0.6 is 0 Å². The summed E-state index contributed by atoms with van der Waals surface area (Å²) in [6.45, 7) is 0.383. The van der Waals surface area contributed by atoms with Crippen molar-refractivity contribution in [2.45, 2.75) is 57.0 Å². The fourth-order valence-electron chi connectivity index (χ4n) is 3.68. The van der Waals surface area contributed by atoms with E-state index >= 15 is 0 Å². The van der Waals surface area contributed by atoms with Crippen molar-refractivity contribution >= 4 is 23.0 Å². The smallest absolute Gasteiger partial charge is 0.419 e. The van der Waals surface area contributed by atoms with Crippen LogP contribution in [0, 0.1) is 0 Å². The summed E-state index contributed by atoms with van der Waals surface area (Å²) >= 11 is 0. The van der Waals surface area contributed by atoms with E-state index in [1.807, 2.05) is 12.1 Å². The standard InChI is InChI=1S/C19H24N2O5/c1-25-17(23)19(11-5-2-6-12-19)20-16(22)10-7-13-21-14-8-3-4-9-15(14)26-18(21)24/h3-4,8-9H,2,5-7,10-13H2,1H3,(H,20,22). The predicted molar refractivity (Wildman–Crippen MR) is 95.7 cm³/mol. The van der Waals surface area contributed by atoms with E-state index in [4.69, 9.17) is 9.15 Å². The van der Waals surface area contributed by atoms with Gasteiger partial charge in [0.15, 0.2) is 5.58 Å². The molecular formula is C19H24N2O5. The molecule has 0 spiro atoms. The molecule has 0 atom stereocenters. The highest BCUT2D eigenvalue weighted by Crippen LogP contribution is 2.29. The van der Waals surface area contributed by atoms with Crippen molar-refractivity contribution in [3.63, 3.8) is 0 Å². The van der Waals surface area contributed by atoms with Crippen LogP contribution in [0.5, 0.6) is 0 Å². The van der Waals surface area contributed by atoms with Crippen LogP contribution in [0.3, 0.4) is 0 Å². The van der Waals surface area contributed by atoms with E-state index in [-0.39, 0.29) is 18.3 Å². The summed E-state index contributed by atoms with van der Waals surface area (Å²) in [6.07, 6.45) is 4.77. The molecule has 7 heteroatoms. The Hall–Kier alpha value is -2.57. The number of oxazole rings is 1. The first kappa shape index (κ1) is 18.2. The lowest BCUT2D eigenvalue weighted by molar-refractivity contribution is -0.152. The maximum Gasteiger partial charge on any atom is 0.419 e. The molecule has 0 saturated heterocycles. The summed E-state index contributed by atoms with van der Waals surface area (Å²) < 4.78 is 11.6. The first-order valence-corrected chi connectivity index (χ1v) is 9.03. The zero-order valence-corrected chi connectivity index (χ0v) is 15.0. The van der Waals surface area contributed by atoms with Crippen molar-refractivity contribution in [3.05, 3.63) is 34.8 Å². The molecule has 7 nitrogen and oxygen atoms in total. The summed E-state index contributed by atoms with van der Waals surface area (Å²) in [5.74, 6) is -0.995. The molecule has 1 fully saturated rings. The van der Waals surface area contributed by atoms with Gasteiger partial charge in [-0.05, 0) is 31.4 Å². The molecule has 1 heterocycles. The Morgan fingerprint density at radius 3 is 2.69 bits per heavy atom. The SMILES string of the molecule is COC(=O)C1(NC(=O)CCCn2c(=O)oc3ccccc32)CCCCC1. The molecule has 1 amide bonds. The average molecular weight is 360 g/mol. The Bertz CT molecular complexity index is 845. The molecule has 1 aliphatic rings. The van der Waals surface area contributed by atoms with Crippen LogP contribution in [-0.4, -0.2) is 29.1 Å². The van der Waals surface area contributed by atoms with Crippen LogP contribution in [0.2, 0.25) is 0 Å². The van der Waals surface area contributed by atoms with Gasteiger partial charge in [0.05, 0.1) is 12.6 Å². The quantitative estimate of drug-likeness (QED) is 0.799. The minimum Gasteiger partial charge on any atom is -0.467 e. The number of hydrogen-bond acceptors (Lipinski definition) is 5. The number of nitrogens with zero attached hydrogens (tertiary/aromatic N) is 1. The third-order valence-corrected chi connectivity index (χ3v) is 5.02. The lowest BCUT2D eigenvalue weighted by atomic mass is 9.81. The summed E-state index contributed by atoms with van der Waals surface area (Å²) in [5, 5.41) is 2.89. The molecule has 3 rings (SSSR count). The fourth-order valence-corrected chi connectivity index (χ4v) is 3.68. The van der Waals surface area contributed by atoms with Gasteiger partial charge in [0.1, 0.15) is 5.54 Å². The van der Waals surface area contributed by atoms with Crippen LogP contribution < -0.4 is 11.1 Å². The van der Waals surface area contributed by atoms with Crippen LogP contribution in [0.25, 0.3) is 11.1 Å². The molecule has 140 valence electrons. The van der Waals surface area contributed by atoms with Crippen molar-refractivity contribution in [1.82, 2.24) is 9.88 Å². The van der Waals surface area contributed by atoms with Gasteiger partial charge in [0.25, 0.3) is 0 Å². The van der Waals surface area contributed by atoms with Crippen molar-refractivity contribution in [2.24, 2.45) is 0 Å². The lowest BCUT2D eigenvalue weighted by Gasteiger charge is -2.35. The third-order valence-electron chi connectivity index (χ3n) is 5.02. The first-order chi connectivity index (χ1) is 12.6. The number of aryl methyl sites for hydroxylation is 1. The highest BCUT2D eigenvalue weighted by Gasteiger charge is 2.41. The van der Waals surface area contributed by atoms with Crippen molar-refractivity contribution < 1.29 is 18.7 Å². The second kappa shape index (κ2) is 7.76. The van der Waals surface area contributed by atoms with Crippen molar-refractivity contribution in [2.75, 3.05) is 7.11 Å². The van der Waals surface area contributed by atoms with Gasteiger partial charge in [0, 0.05) is 13.0 Å². The van der Waals surface area contributed by atoms with Gasteiger partial charge in [-0.15, -0.1) is 0 Å². The van der Waals surface area contributed by atoms with Crippen LogP contribution in [0.4, 0.5) is 0 Å². The highest BCUT2D eigenvalue weighted by molar-refractivity contribution is 5.88. The molecular weight excluding hydrogens is 336 g/mol. The van der Waals surface area contributed by atoms with E-state index in [1.165, 1.54) is 11.7 Å². The number of amides is 1. The monoisotopic (exact) mass is 360 g/mol. The van der Waals surface area contributed by atoms with E-state index in [0.717, 1.165) is 24.8 Å². The van der Waals surface area contributed by atoms with Gasteiger partial charge in [0.2, 0.25) is 5.91 Å². The number of aromatic nitrogens is 1. The zero-order chi connectivity index (χ0) is 18.6. The number of rotatable bonds is 6. The van der Waals surface area contributed by atoms with Gasteiger partial charge < -0.3 is 14.5 Å². The lowest BCUT2D eigenvalue weighted by Crippen LogP contribution is -2.56. The van der Waals surface area contributed by atoms with Crippen LogP contribution in [0.15, 0.2) is 33.5 Å². The molecule has 2 aromatic rings. The zero-order valence-electron chi connectivity index (χ0n) is 15.0. The van der Waals surface area contributed by atoms with Crippen LogP contribution in [-0.2, 0) is 20.9 Å². The molecule has 1 aliphatic carbocycles. The second-order valence-corrected chi connectivity index (χ2v) is 6.77. The van der Waals surface area contributed by atoms with Crippen molar-refractivity contribution in [1.29, 1.82) is 0 Å². The Balaban J connectivity index is 1.60. The largest absolute Gasteiger partial charge is 0.467 e. The molecule has 0 unspecified atom stereocenters. The van der Waals surface area contributed by atoms with E-state index in [2.05, 4.69) is 5.32 Å². The summed E-state index contributed by atoms with van der Waals surface area (Å²) in [4.78, 5) is 36.5. The van der Waals surface area contributed by atoms with Gasteiger partial charge in [-0.3, -0.25) is 9.36 Å².